The van der Waals surface area contributed by atoms with Crippen LogP contribution in [0, 0.1) is 5.41 Å². The van der Waals surface area contributed by atoms with Crippen LogP contribution in [0.25, 0.3) is 0 Å². The molecule has 0 aromatic heterocycles. The Hall–Kier alpha value is -0.570. The molecule has 0 aromatic rings. The van der Waals surface area contributed by atoms with Gasteiger partial charge >= 0.3 is 0 Å². The molecule has 3 heteroatoms. The fourth-order valence-corrected chi connectivity index (χ4v) is 1.22. The molecule has 76 valence electrons. The Morgan fingerprint density at radius 2 is 2.15 bits per heavy atom. The zero-order chi connectivity index (χ0) is 9.90. The minimum atomic E-state index is -0.0164. The van der Waals surface area contributed by atoms with Crippen LogP contribution < -0.4 is 5.73 Å². The van der Waals surface area contributed by atoms with Crippen LogP contribution in [0.2, 0.25) is 0 Å². The molecule has 0 saturated carbocycles. The Morgan fingerprint density at radius 1 is 1.46 bits per heavy atom. The molecule has 2 N–H and O–H groups in total. The summed E-state index contributed by atoms with van der Waals surface area (Å²) in [7, 11) is 0. The molecule has 1 saturated heterocycles. The summed E-state index contributed by atoms with van der Waals surface area (Å²) in [6.07, 6.45) is 2.21. The molecule has 1 atom stereocenters. The molecule has 1 heterocycles. The monoisotopic (exact) mass is 184 g/mol. The lowest BCUT2D eigenvalue weighted by atomic mass is 9.95. The van der Waals surface area contributed by atoms with E-state index in [1.54, 1.807) is 0 Å². The van der Waals surface area contributed by atoms with E-state index in [1.807, 2.05) is 0 Å². The average Bonchev–Trinajstić information content (AvgIpc) is 2.04. The smallest absolute Gasteiger partial charge is 0.0995 e. The third-order valence-electron chi connectivity index (χ3n) is 2.23. The van der Waals surface area contributed by atoms with Crippen molar-refractivity contribution in [1.29, 1.82) is 0 Å². The average molecular weight is 184 g/mol. The van der Waals surface area contributed by atoms with Crippen LogP contribution in [0.15, 0.2) is 4.99 Å². The summed E-state index contributed by atoms with van der Waals surface area (Å²) in [6.45, 7) is 7.85. The molecule has 0 bridgehead atoms. The van der Waals surface area contributed by atoms with Crippen molar-refractivity contribution in [2.45, 2.75) is 39.7 Å². The molecule has 13 heavy (non-hydrogen) atoms. The van der Waals surface area contributed by atoms with Gasteiger partial charge in [-0.15, -0.1) is 0 Å². The molecular formula is C10H20N2O. The summed E-state index contributed by atoms with van der Waals surface area (Å²) < 4.78 is 5.33. The zero-order valence-corrected chi connectivity index (χ0v) is 8.84. The third-order valence-corrected chi connectivity index (χ3v) is 2.23. The summed E-state index contributed by atoms with van der Waals surface area (Å²) in [5, 5.41) is 0. The number of nitrogens with two attached hydrogens (primary N) is 1. The van der Waals surface area contributed by atoms with Crippen LogP contribution >= 0.6 is 0 Å². The molecule has 0 radical (unpaired) electrons. The van der Waals surface area contributed by atoms with Crippen molar-refractivity contribution in [3.05, 3.63) is 0 Å². The maximum absolute atomic E-state index is 5.88. The lowest BCUT2D eigenvalue weighted by molar-refractivity contribution is 0.0826. The summed E-state index contributed by atoms with van der Waals surface area (Å²) in [4.78, 5) is 4.48. The molecule has 0 amide bonds. The maximum atomic E-state index is 5.88. The van der Waals surface area contributed by atoms with Gasteiger partial charge < -0.3 is 10.5 Å². The first-order valence-electron chi connectivity index (χ1n) is 4.91. The topological polar surface area (TPSA) is 47.6 Å². The Labute approximate surface area is 80.4 Å². The van der Waals surface area contributed by atoms with Crippen LogP contribution in [0.4, 0.5) is 0 Å². The van der Waals surface area contributed by atoms with Crippen molar-refractivity contribution >= 4 is 5.84 Å². The highest BCUT2D eigenvalue weighted by molar-refractivity contribution is 5.85. The van der Waals surface area contributed by atoms with Crippen molar-refractivity contribution in [1.82, 2.24) is 0 Å². The second-order valence-corrected chi connectivity index (χ2v) is 4.64. The van der Waals surface area contributed by atoms with Gasteiger partial charge in [-0.3, -0.25) is 4.99 Å². The van der Waals surface area contributed by atoms with Crippen molar-refractivity contribution in [2.24, 2.45) is 16.1 Å². The van der Waals surface area contributed by atoms with Gasteiger partial charge in [0.1, 0.15) is 0 Å². The van der Waals surface area contributed by atoms with Gasteiger partial charge in [0.05, 0.1) is 18.5 Å². The normalized spacial score (nSPS) is 26.1. The van der Waals surface area contributed by atoms with Crippen molar-refractivity contribution in [2.75, 3.05) is 13.2 Å². The number of rotatable bonds is 1. The van der Waals surface area contributed by atoms with Crippen LogP contribution in [-0.2, 0) is 4.74 Å². The van der Waals surface area contributed by atoms with Crippen LogP contribution in [0.3, 0.4) is 0 Å². The lowest BCUT2D eigenvalue weighted by Gasteiger charge is -2.23. The summed E-state index contributed by atoms with van der Waals surface area (Å²) in [6, 6.07) is 0.285. The number of hydrogen-bond acceptors (Lipinski definition) is 2. The Morgan fingerprint density at radius 3 is 2.62 bits per heavy atom. The molecule has 0 aliphatic carbocycles. The minimum Gasteiger partial charge on any atom is -0.387 e. The summed E-state index contributed by atoms with van der Waals surface area (Å²) in [5.74, 6) is 0.739. The van der Waals surface area contributed by atoms with E-state index in [-0.39, 0.29) is 11.5 Å². The van der Waals surface area contributed by atoms with Crippen molar-refractivity contribution < 1.29 is 4.74 Å². The quantitative estimate of drug-likeness (QED) is 0.496. The summed E-state index contributed by atoms with van der Waals surface area (Å²) >= 11 is 0. The molecule has 1 aliphatic heterocycles. The predicted molar refractivity (Wildman–Crippen MR) is 54.9 cm³/mol. The van der Waals surface area contributed by atoms with Crippen LogP contribution in [-0.4, -0.2) is 25.1 Å². The van der Waals surface area contributed by atoms with E-state index in [1.165, 1.54) is 0 Å². The van der Waals surface area contributed by atoms with E-state index in [2.05, 4.69) is 25.8 Å². The fraction of sp³-hybridized carbons (Fsp3) is 0.900. The molecule has 1 fully saturated rings. The van der Waals surface area contributed by atoms with Crippen LogP contribution in [0.5, 0.6) is 0 Å². The second-order valence-electron chi connectivity index (χ2n) is 4.64. The van der Waals surface area contributed by atoms with Gasteiger partial charge in [0, 0.05) is 12.0 Å². The number of hydrogen-bond donors (Lipinski definition) is 1. The van der Waals surface area contributed by atoms with E-state index in [0.29, 0.717) is 0 Å². The van der Waals surface area contributed by atoms with E-state index in [0.717, 1.165) is 31.9 Å². The predicted octanol–water partition coefficient (Wildman–Crippen LogP) is 1.57. The van der Waals surface area contributed by atoms with E-state index in [9.17, 15) is 0 Å². The molecule has 1 unspecified atom stereocenters. The van der Waals surface area contributed by atoms with E-state index in [4.69, 9.17) is 10.5 Å². The molecule has 1 rings (SSSR count). The second kappa shape index (κ2) is 4.09. The number of nitrogens with zero attached hydrogens (tertiary/aromatic N) is 1. The van der Waals surface area contributed by atoms with Gasteiger partial charge in [0.2, 0.25) is 0 Å². The van der Waals surface area contributed by atoms with Gasteiger partial charge in [-0.1, -0.05) is 20.8 Å². The first-order chi connectivity index (χ1) is 6.00. The van der Waals surface area contributed by atoms with Gasteiger partial charge in [0.25, 0.3) is 0 Å². The van der Waals surface area contributed by atoms with Crippen molar-refractivity contribution in [3.63, 3.8) is 0 Å². The maximum Gasteiger partial charge on any atom is 0.0995 e. The fourth-order valence-electron chi connectivity index (χ4n) is 1.22. The van der Waals surface area contributed by atoms with Gasteiger partial charge in [-0.05, 0) is 12.8 Å². The van der Waals surface area contributed by atoms with Crippen molar-refractivity contribution in [3.8, 4) is 0 Å². The highest BCUT2D eigenvalue weighted by Gasteiger charge is 2.19. The summed E-state index contributed by atoms with van der Waals surface area (Å²) in [5.41, 5.74) is 5.86. The minimum absolute atomic E-state index is 0.0164. The SMILES string of the molecule is CC(C)(C)C(N)=NC1CCCOC1. The molecular weight excluding hydrogens is 164 g/mol. The Kier molecular flexibility index (Phi) is 3.31. The first-order valence-corrected chi connectivity index (χ1v) is 4.91. The first kappa shape index (κ1) is 10.5. The van der Waals surface area contributed by atoms with Gasteiger partial charge in [-0.25, -0.2) is 0 Å². The Balaban J connectivity index is 2.53. The standard InChI is InChI=1S/C10H20N2O/c1-10(2,3)9(11)12-8-5-4-6-13-7-8/h8H,4-7H2,1-3H3,(H2,11,12). The lowest BCUT2D eigenvalue weighted by Crippen LogP contribution is -2.32. The van der Waals surface area contributed by atoms with E-state index < -0.39 is 0 Å². The largest absolute Gasteiger partial charge is 0.387 e. The van der Waals surface area contributed by atoms with Gasteiger partial charge in [0.15, 0.2) is 0 Å². The third kappa shape index (κ3) is 3.35. The highest BCUT2D eigenvalue weighted by atomic mass is 16.5. The number of amidine groups is 1. The molecule has 1 aliphatic rings. The molecule has 0 aromatic carbocycles. The number of aliphatic imine (C=N–C) groups is 1. The zero-order valence-electron chi connectivity index (χ0n) is 8.84. The molecule has 0 spiro atoms. The number of ether oxygens (including phenoxy) is 1. The highest BCUT2D eigenvalue weighted by Crippen LogP contribution is 2.16. The van der Waals surface area contributed by atoms with E-state index >= 15 is 0 Å². The molecule has 3 nitrogen and oxygen atoms in total. The van der Waals surface area contributed by atoms with Gasteiger partial charge in [-0.2, -0.15) is 0 Å². The van der Waals surface area contributed by atoms with Crippen LogP contribution in [0.1, 0.15) is 33.6 Å². The Bertz CT molecular complexity index is 188.